The maximum atomic E-state index is 2.41. The molecule has 0 saturated heterocycles. The molecule has 0 atom stereocenters. The molecular formula is C26H30. The highest BCUT2D eigenvalue weighted by Crippen LogP contribution is 2.43. The van der Waals surface area contributed by atoms with E-state index in [1.165, 1.54) is 33.4 Å². The minimum Gasteiger partial charge on any atom is -0.0622 e. The van der Waals surface area contributed by atoms with Crippen molar-refractivity contribution >= 4 is 0 Å². The summed E-state index contributed by atoms with van der Waals surface area (Å²) in [6.45, 7) is 13.9. The number of benzene rings is 3. The summed E-state index contributed by atoms with van der Waals surface area (Å²) in [6.07, 6.45) is 0. The Morgan fingerprint density at radius 3 is 1.46 bits per heavy atom. The van der Waals surface area contributed by atoms with E-state index in [0.29, 0.717) is 0 Å². The van der Waals surface area contributed by atoms with Crippen LogP contribution in [0.2, 0.25) is 0 Å². The molecule has 0 aliphatic heterocycles. The molecule has 0 heteroatoms. The molecule has 3 rings (SSSR count). The lowest BCUT2D eigenvalue weighted by atomic mass is 9.71. The van der Waals surface area contributed by atoms with E-state index in [1.54, 1.807) is 0 Å². The SMILES string of the molecule is CC(C)(C)c1cc(-c2ccccc2)cc(-c2ccccc2)c1C(C)(C)C. The van der Waals surface area contributed by atoms with Gasteiger partial charge in [0.25, 0.3) is 0 Å². The van der Waals surface area contributed by atoms with E-state index in [2.05, 4.69) is 114 Å². The summed E-state index contributed by atoms with van der Waals surface area (Å²) in [4.78, 5) is 0. The Hall–Kier alpha value is -2.34. The topological polar surface area (TPSA) is 0 Å². The molecule has 3 aromatic carbocycles. The fourth-order valence-electron chi connectivity index (χ4n) is 3.68. The average molecular weight is 343 g/mol. The smallest absolute Gasteiger partial charge is 0.0123 e. The molecule has 0 heterocycles. The quantitative estimate of drug-likeness (QED) is 0.449. The van der Waals surface area contributed by atoms with Crippen molar-refractivity contribution in [1.82, 2.24) is 0 Å². The van der Waals surface area contributed by atoms with Crippen LogP contribution < -0.4 is 0 Å². The molecule has 3 aromatic rings. The van der Waals surface area contributed by atoms with Crippen LogP contribution >= 0.6 is 0 Å². The molecule has 0 bridgehead atoms. The average Bonchev–Trinajstić information content (AvgIpc) is 2.60. The predicted molar refractivity (Wildman–Crippen MR) is 115 cm³/mol. The normalized spacial score (nSPS) is 12.2. The predicted octanol–water partition coefficient (Wildman–Crippen LogP) is 7.62. The molecule has 0 amide bonds. The number of hydrogen-bond acceptors (Lipinski definition) is 0. The standard InChI is InChI=1S/C26H30/c1-25(2,3)23-18-21(19-13-9-7-10-14-19)17-22(24(23)26(4,5)6)20-15-11-8-12-16-20/h7-18H,1-6H3. The van der Waals surface area contributed by atoms with Gasteiger partial charge in [-0.3, -0.25) is 0 Å². The van der Waals surface area contributed by atoms with Crippen molar-refractivity contribution < 1.29 is 0 Å². The molecule has 0 N–H and O–H groups in total. The summed E-state index contributed by atoms with van der Waals surface area (Å²) in [6, 6.07) is 26.3. The van der Waals surface area contributed by atoms with E-state index in [4.69, 9.17) is 0 Å². The van der Waals surface area contributed by atoms with Gasteiger partial charge in [0.2, 0.25) is 0 Å². The molecule has 0 spiro atoms. The summed E-state index contributed by atoms with van der Waals surface area (Å²) in [7, 11) is 0. The van der Waals surface area contributed by atoms with Crippen molar-refractivity contribution in [3.05, 3.63) is 83.9 Å². The van der Waals surface area contributed by atoms with Gasteiger partial charge in [0.1, 0.15) is 0 Å². The second-order valence-corrected chi connectivity index (χ2v) is 9.18. The molecule has 0 saturated carbocycles. The Balaban J connectivity index is 2.40. The maximum absolute atomic E-state index is 2.41. The van der Waals surface area contributed by atoms with Crippen molar-refractivity contribution in [1.29, 1.82) is 0 Å². The Kier molecular flexibility index (Phi) is 4.80. The van der Waals surface area contributed by atoms with E-state index in [9.17, 15) is 0 Å². The highest BCUT2D eigenvalue weighted by Gasteiger charge is 2.29. The zero-order chi connectivity index (χ0) is 18.9. The van der Waals surface area contributed by atoms with Gasteiger partial charge >= 0.3 is 0 Å². The van der Waals surface area contributed by atoms with Gasteiger partial charge in [-0.05, 0) is 50.3 Å². The first-order valence-electron chi connectivity index (χ1n) is 9.48. The lowest BCUT2D eigenvalue weighted by Crippen LogP contribution is -2.23. The molecule has 0 aromatic heterocycles. The first-order chi connectivity index (χ1) is 12.2. The highest BCUT2D eigenvalue weighted by atomic mass is 14.3. The third-order valence-electron chi connectivity index (χ3n) is 4.89. The molecule has 0 nitrogen and oxygen atoms in total. The van der Waals surface area contributed by atoms with Crippen LogP contribution in [-0.4, -0.2) is 0 Å². The zero-order valence-corrected chi connectivity index (χ0v) is 16.9. The van der Waals surface area contributed by atoms with Gasteiger partial charge in [0.15, 0.2) is 0 Å². The van der Waals surface area contributed by atoms with E-state index in [-0.39, 0.29) is 10.8 Å². The van der Waals surface area contributed by atoms with Crippen molar-refractivity contribution in [2.24, 2.45) is 0 Å². The molecule has 26 heavy (non-hydrogen) atoms. The Bertz CT molecular complexity index is 873. The highest BCUT2D eigenvalue weighted by molar-refractivity contribution is 5.78. The monoisotopic (exact) mass is 342 g/mol. The molecule has 0 radical (unpaired) electrons. The first-order valence-corrected chi connectivity index (χ1v) is 9.48. The first kappa shape index (κ1) is 18.5. The van der Waals surface area contributed by atoms with Crippen LogP contribution in [0.5, 0.6) is 0 Å². The lowest BCUT2D eigenvalue weighted by molar-refractivity contribution is 0.532. The minimum absolute atomic E-state index is 0.0724. The van der Waals surface area contributed by atoms with Crippen LogP contribution in [-0.2, 0) is 10.8 Å². The summed E-state index contributed by atoms with van der Waals surface area (Å²) >= 11 is 0. The van der Waals surface area contributed by atoms with Crippen LogP contribution in [0.25, 0.3) is 22.3 Å². The second kappa shape index (κ2) is 6.76. The van der Waals surface area contributed by atoms with Gasteiger partial charge in [-0.25, -0.2) is 0 Å². The number of hydrogen-bond donors (Lipinski definition) is 0. The van der Waals surface area contributed by atoms with Crippen LogP contribution in [0.1, 0.15) is 52.7 Å². The summed E-state index contributed by atoms with van der Waals surface area (Å²) in [5, 5.41) is 0. The van der Waals surface area contributed by atoms with Gasteiger partial charge in [0, 0.05) is 0 Å². The fraction of sp³-hybridized carbons (Fsp3) is 0.308. The van der Waals surface area contributed by atoms with E-state index in [0.717, 1.165) is 0 Å². The van der Waals surface area contributed by atoms with Crippen LogP contribution in [0, 0.1) is 0 Å². The molecule has 0 aliphatic rings. The lowest BCUT2D eigenvalue weighted by Gasteiger charge is -2.33. The molecule has 0 fully saturated rings. The summed E-state index contributed by atoms with van der Waals surface area (Å²) in [5.74, 6) is 0. The Labute approximate surface area is 158 Å². The van der Waals surface area contributed by atoms with Crippen molar-refractivity contribution in [2.75, 3.05) is 0 Å². The minimum atomic E-state index is 0.0724. The van der Waals surface area contributed by atoms with E-state index < -0.39 is 0 Å². The second-order valence-electron chi connectivity index (χ2n) is 9.18. The van der Waals surface area contributed by atoms with E-state index in [1.807, 2.05) is 0 Å². The molecular weight excluding hydrogens is 312 g/mol. The Morgan fingerprint density at radius 1 is 0.500 bits per heavy atom. The van der Waals surface area contributed by atoms with E-state index >= 15 is 0 Å². The van der Waals surface area contributed by atoms with Crippen LogP contribution in [0.4, 0.5) is 0 Å². The van der Waals surface area contributed by atoms with Crippen LogP contribution in [0.15, 0.2) is 72.8 Å². The van der Waals surface area contributed by atoms with Crippen molar-refractivity contribution in [3.8, 4) is 22.3 Å². The summed E-state index contributed by atoms with van der Waals surface area (Å²) in [5.41, 5.74) is 8.25. The zero-order valence-electron chi connectivity index (χ0n) is 16.9. The maximum Gasteiger partial charge on any atom is -0.0123 e. The Morgan fingerprint density at radius 2 is 1.00 bits per heavy atom. The van der Waals surface area contributed by atoms with Gasteiger partial charge < -0.3 is 0 Å². The van der Waals surface area contributed by atoms with Gasteiger partial charge in [-0.2, -0.15) is 0 Å². The van der Waals surface area contributed by atoms with Gasteiger partial charge in [-0.1, -0.05) is 108 Å². The number of rotatable bonds is 2. The van der Waals surface area contributed by atoms with Crippen molar-refractivity contribution in [2.45, 2.75) is 52.4 Å². The molecule has 134 valence electrons. The molecule has 0 unspecified atom stereocenters. The van der Waals surface area contributed by atoms with Gasteiger partial charge in [-0.15, -0.1) is 0 Å². The summed E-state index contributed by atoms with van der Waals surface area (Å²) < 4.78 is 0. The van der Waals surface area contributed by atoms with Crippen LogP contribution in [0.3, 0.4) is 0 Å². The third-order valence-corrected chi connectivity index (χ3v) is 4.89. The van der Waals surface area contributed by atoms with Crippen molar-refractivity contribution in [3.63, 3.8) is 0 Å². The fourth-order valence-corrected chi connectivity index (χ4v) is 3.68. The molecule has 0 aliphatic carbocycles. The third kappa shape index (κ3) is 3.75. The van der Waals surface area contributed by atoms with Gasteiger partial charge in [0.05, 0.1) is 0 Å². The largest absolute Gasteiger partial charge is 0.0622 e.